The average Bonchev–Trinajstić information content (AvgIpc) is 2.50. The van der Waals surface area contributed by atoms with Crippen LogP contribution in [0.1, 0.15) is 37.0 Å². The molecule has 0 aliphatic heterocycles. The first-order valence-corrected chi connectivity index (χ1v) is 9.79. The minimum Gasteiger partial charge on any atom is -0.355 e. The normalized spacial score (nSPS) is 11.0. The number of amides is 2. The summed E-state index contributed by atoms with van der Waals surface area (Å²) in [6.45, 7) is 4.88. The number of rotatable bonds is 9. The Morgan fingerprint density at radius 3 is 2.46 bits per heavy atom. The Hall–Kier alpha value is -2.09. The Labute approximate surface area is 143 Å². The highest BCUT2D eigenvalue weighted by atomic mass is 32.2. The third-order valence-corrected chi connectivity index (χ3v) is 3.71. The fraction of sp³-hybridized carbons (Fsp3) is 0.500. The zero-order valence-corrected chi connectivity index (χ0v) is 15.1. The third-order valence-electron chi connectivity index (χ3n) is 3.10. The number of nitrogens with zero attached hydrogens (tertiary/aromatic N) is 1. The summed E-state index contributed by atoms with van der Waals surface area (Å²) in [6.07, 6.45) is 2.59. The van der Waals surface area contributed by atoms with E-state index in [0.717, 1.165) is 12.7 Å². The van der Waals surface area contributed by atoms with Crippen LogP contribution in [0, 0.1) is 0 Å². The number of carbonyl (C=O) groups excluding carboxylic acids is 2. The van der Waals surface area contributed by atoms with Crippen LogP contribution in [0.5, 0.6) is 0 Å². The molecule has 2 amide bonds. The van der Waals surface area contributed by atoms with Crippen LogP contribution in [0.4, 0.5) is 5.69 Å². The van der Waals surface area contributed by atoms with Gasteiger partial charge >= 0.3 is 0 Å². The van der Waals surface area contributed by atoms with Crippen LogP contribution in [0.25, 0.3) is 0 Å². The van der Waals surface area contributed by atoms with Crippen molar-refractivity contribution >= 4 is 27.5 Å². The van der Waals surface area contributed by atoms with Crippen LogP contribution in [-0.4, -0.2) is 51.0 Å². The van der Waals surface area contributed by atoms with Gasteiger partial charge in [0.15, 0.2) is 0 Å². The van der Waals surface area contributed by atoms with E-state index >= 15 is 0 Å². The number of hydrogen-bond acceptors (Lipinski definition) is 4. The van der Waals surface area contributed by atoms with E-state index < -0.39 is 10.0 Å². The van der Waals surface area contributed by atoms with Gasteiger partial charge in [-0.1, -0.05) is 19.9 Å². The number of anilines is 1. The molecule has 134 valence electrons. The summed E-state index contributed by atoms with van der Waals surface area (Å²) in [5.74, 6) is -0.510. The van der Waals surface area contributed by atoms with Crippen LogP contribution < -0.4 is 10.0 Å². The second-order valence-corrected chi connectivity index (χ2v) is 7.28. The summed E-state index contributed by atoms with van der Waals surface area (Å²) in [5, 5.41) is 2.75. The van der Waals surface area contributed by atoms with Gasteiger partial charge in [0.2, 0.25) is 15.9 Å². The lowest BCUT2D eigenvalue weighted by Crippen LogP contribution is -2.41. The Kier molecular flexibility index (Phi) is 7.70. The van der Waals surface area contributed by atoms with Crippen molar-refractivity contribution in [3.05, 3.63) is 29.8 Å². The zero-order chi connectivity index (χ0) is 18.2. The van der Waals surface area contributed by atoms with Gasteiger partial charge in [-0.2, -0.15) is 0 Å². The molecule has 2 N–H and O–H groups in total. The average molecular weight is 355 g/mol. The molecule has 0 heterocycles. The summed E-state index contributed by atoms with van der Waals surface area (Å²) < 4.78 is 24.9. The molecule has 0 atom stereocenters. The first-order valence-electron chi connectivity index (χ1n) is 7.90. The first-order chi connectivity index (χ1) is 11.3. The number of nitrogens with one attached hydrogen (secondary N) is 2. The van der Waals surface area contributed by atoms with Crippen molar-refractivity contribution in [1.82, 2.24) is 10.2 Å². The molecule has 0 aliphatic rings. The molecule has 0 saturated carbocycles. The molecular weight excluding hydrogens is 330 g/mol. The molecule has 0 saturated heterocycles. The summed E-state index contributed by atoms with van der Waals surface area (Å²) in [7, 11) is -3.42. The van der Waals surface area contributed by atoms with Gasteiger partial charge in [-0.05, 0) is 31.0 Å². The van der Waals surface area contributed by atoms with Gasteiger partial charge in [-0.25, -0.2) is 8.42 Å². The monoisotopic (exact) mass is 355 g/mol. The molecule has 7 nitrogen and oxygen atoms in total. The topological polar surface area (TPSA) is 95.6 Å². The summed E-state index contributed by atoms with van der Waals surface area (Å²) in [6, 6.07) is 6.23. The van der Waals surface area contributed by atoms with Crippen molar-refractivity contribution in [2.45, 2.75) is 26.7 Å². The molecule has 0 bridgehead atoms. The first kappa shape index (κ1) is 20.0. The largest absolute Gasteiger partial charge is 0.355 e. The predicted octanol–water partition coefficient (Wildman–Crippen LogP) is 1.44. The fourth-order valence-corrected chi connectivity index (χ4v) is 2.68. The lowest BCUT2D eigenvalue weighted by atomic mass is 10.1. The lowest BCUT2D eigenvalue weighted by Gasteiger charge is -2.22. The van der Waals surface area contributed by atoms with Gasteiger partial charge in [-0.3, -0.25) is 14.3 Å². The lowest BCUT2D eigenvalue weighted by molar-refractivity contribution is -0.121. The second kappa shape index (κ2) is 9.27. The molecule has 8 heteroatoms. The van der Waals surface area contributed by atoms with Gasteiger partial charge < -0.3 is 10.2 Å². The van der Waals surface area contributed by atoms with Crippen LogP contribution in [0.2, 0.25) is 0 Å². The molecule has 1 rings (SSSR count). The number of carbonyl (C=O) groups is 2. The van der Waals surface area contributed by atoms with Gasteiger partial charge in [0, 0.05) is 24.3 Å². The van der Waals surface area contributed by atoms with E-state index in [1.807, 2.05) is 13.8 Å². The van der Waals surface area contributed by atoms with Crippen molar-refractivity contribution in [1.29, 1.82) is 0 Å². The quantitative estimate of drug-likeness (QED) is 0.700. The van der Waals surface area contributed by atoms with Crippen molar-refractivity contribution in [3.8, 4) is 0 Å². The van der Waals surface area contributed by atoms with Gasteiger partial charge in [0.05, 0.1) is 12.8 Å². The van der Waals surface area contributed by atoms with Crippen LogP contribution in [0.15, 0.2) is 24.3 Å². The van der Waals surface area contributed by atoms with E-state index in [1.54, 1.807) is 18.2 Å². The molecule has 0 unspecified atom stereocenters. The molecule has 0 radical (unpaired) electrons. The fourth-order valence-electron chi connectivity index (χ4n) is 2.13. The predicted molar refractivity (Wildman–Crippen MR) is 94.4 cm³/mol. The standard InChI is InChI=1S/C16H25N3O4S/c1-4-9-17-15(20)12-19(10-5-2)16(21)13-7-6-8-14(11-13)18-24(3,22)23/h6-8,11,18H,4-5,9-10,12H2,1-3H3,(H,17,20). The van der Waals surface area contributed by atoms with Crippen LogP contribution in [0.3, 0.4) is 0 Å². The van der Waals surface area contributed by atoms with E-state index in [9.17, 15) is 18.0 Å². The van der Waals surface area contributed by atoms with Crippen molar-refractivity contribution < 1.29 is 18.0 Å². The van der Waals surface area contributed by atoms with Crippen molar-refractivity contribution in [3.63, 3.8) is 0 Å². The molecular formula is C16H25N3O4S. The van der Waals surface area contributed by atoms with Crippen molar-refractivity contribution in [2.75, 3.05) is 30.6 Å². The number of sulfonamides is 1. The molecule has 0 aromatic heterocycles. The Bertz CT molecular complexity index is 674. The van der Waals surface area contributed by atoms with Crippen LogP contribution >= 0.6 is 0 Å². The van der Waals surface area contributed by atoms with E-state index in [2.05, 4.69) is 10.0 Å². The highest BCUT2D eigenvalue weighted by molar-refractivity contribution is 7.92. The molecule has 0 aliphatic carbocycles. The number of hydrogen-bond donors (Lipinski definition) is 2. The van der Waals surface area contributed by atoms with E-state index in [-0.39, 0.29) is 18.4 Å². The maximum Gasteiger partial charge on any atom is 0.254 e. The molecule has 24 heavy (non-hydrogen) atoms. The minimum absolute atomic E-state index is 0.0175. The maximum atomic E-state index is 12.6. The second-order valence-electron chi connectivity index (χ2n) is 5.53. The third kappa shape index (κ3) is 6.99. The van der Waals surface area contributed by atoms with Gasteiger partial charge in [0.25, 0.3) is 5.91 Å². The summed E-state index contributed by atoms with van der Waals surface area (Å²) in [5.41, 5.74) is 0.649. The Morgan fingerprint density at radius 2 is 1.88 bits per heavy atom. The summed E-state index contributed by atoms with van der Waals surface area (Å²) in [4.78, 5) is 26.0. The van der Waals surface area contributed by atoms with Gasteiger partial charge in [0.1, 0.15) is 0 Å². The highest BCUT2D eigenvalue weighted by Crippen LogP contribution is 2.14. The van der Waals surface area contributed by atoms with Crippen LogP contribution in [-0.2, 0) is 14.8 Å². The van der Waals surface area contributed by atoms with E-state index in [4.69, 9.17) is 0 Å². The molecule has 0 spiro atoms. The molecule has 0 fully saturated rings. The molecule has 1 aromatic carbocycles. The van der Waals surface area contributed by atoms with E-state index in [1.165, 1.54) is 11.0 Å². The number of benzene rings is 1. The molecule has 1 aromatic rings. The highest BCUT2D eigenvalue weighted by Gasteiger charge is 2.18. The smallest absolute Gasteiger partial charge is 0.254 e. The Balaban J connectivity index is 2.90. The van der Waals surface area contributed by atoms with E-state index in [0.29, 0.717) is 30.8 Å². The SMILES string of the molecule is CCCNC(=O)CN(CCC)C(=O)c1cccc(NS(C)(=O)=O)c1. The maximum absolute atomic E-state index is 12.6. The van der Waals surface area contributed by atoms with Crippen molar-refractivity contribution in [2.24, 2.45) is 0 Å². The summed E-state index contributed by atoms with van der Waals surface area (Å²) >= 11 is 0. The Morgan fingerprint density at radius 1 is 1.17 bits per heavy atom. The zero-order valence-electron chi connectivity index (χ0n) is 14.3. The van der Waals surface area contributed by atoms with Gasteiger partial charge in [-0.15, -0.1) is 0 Å². The minimum atomic E-state index is -3.42.